The summed E-state index contributed by atoms with van der Waals surface area (Å²) in [5.41, 5.74) is 6.77. The zero-order chi connectivity index (χ0) is 16.8. The molecule has 11 heteroatoms. The van der Waals surface area contributed by atoms with Gasteiger partial charge in [-0.1, -0.05) is 19.1 Å². The van der Waals surface area contributed by atoms with Gasteiger partial charge in [-0.05, 0) is 28.5 Å². The maximum absolute atomic E-state index is 12.2. The van der Waals surface area contributed by atoms with E-state index >= 15 is 0 Å². The lowest BCUT2D eigenvalue weighted by molar-refractivity contribution is 0.247. The summed E-state index contributed by atoms with van der Waals surface area (Å²) in [5, 5.41) is 15.5. The number of nitrogens with zero attached hydrogens (tertiary/aromatic N) is 7. The van der Waals surface area contributed by atoms with E-state index in [-0.39, 0.29) is 11.6 Å². The van der Waals surface area contributed by atoms with E-state index in [0.717, 1.165) is 26.6 Å². The molecular weight excluding hydrogens is 314 g/mol. The number of nitrogens with two attached hydrogens (primary N) is 1. The van der Waals surface area contributed by atoms with Crippen molar-refractivity contribution in [2.24, 2.45) is 5.73 Å². The van der Waals surface area contributed by atoms with E-state index in [0.29, 0.717) is 11.2 Å². The highest BCUT2D eigenvalue weighted by molar-refractivity contribution is 5.94. The Morgan fingerprint density at radius 3 is 2.96 bits per heavy atom. The molecule has 120 valence electrons. The minimum absolute atomic E-state index is 0.0303. The SMILES string of the molecule is CCc1cccc2[nH]c(=O)n3nc(-c4nnnn4C(N)=O)nc3c12. The first-order chi connectivity index (χ1) is 11.6. The molecule has 4 aromatic rings. The topological polar surface area (TPSA) is 150 Å². The van der Waals surface area contributed by atoms with Gasteiger partial charge in [0.15, 0.2) is 5.65 Å². The van der Waals surface area contributed by atoms with Gasteiger partial charge in [0, 0.05) is 5.39 Å². The number of carbonyl (C=O) groups excluding carboxylic acids is 1. The molecule has 0 spiro atoms. The molecule has 0 atom stereocenters. The Labute approximate surface area is 133 Å². The molecule has 0 unspecified atom stereocenters. The van der Waals surface area contributed by atoms with E-state index in [1.54, 1.807) is 6.07 Å². The maximum Gasteiger partial charge on any atom is 0.348 e. The van der Waals surface area contributed by atoms with Gasteiger partial charge in [0.1, 0.15) is 0 Å². The minimum atomic E-state index is -0.873. The molecule has 24 heavy (non-hydrogen) atoms. The fraction of sp³-hybridized carbons (Fsp3) is 0.154. The third-order valence-corrected chi connectivity index (χ3v) is 3.67. The summed E-state index contributed by atoms with van der Waals surface area (Å²) in [6.07, 6.45) is 0.750. The summed E-state index contributed by atoms with van der Waals surface area (Å²) in [4.78, 5) is 30.7. The van der Waals surface area contributed by atoms with E-state index < -0.39 is 11.7 Å². The number of hydrogen-bond acceptors (Lipinski definition) is 7. The Kier molecular flexibility index (Phi) is 2.88. The number of fused-ring (bicyclic) bond motifs is 3. The third kappa shape index (κ3) is 1.87. The molecule has 1 amide bonds. The van der Waals surface area contributed by atoms with Crippen LogP contribution in [0.25, 0.3) is 28.2 Å². The van der Waals surface area contributed by atoms with Crippen LogP contribution in [-0.4, -0.2) is 45.8 Å². The van der Waals surface area contributed by atoms with Crippen LogP contribution in [0.2, 0.25) is 0 Å². The molecule has 0 saturated heterocycles. The van der Waals surface area contributed by atoms with Crippen LogP contribution in [-0.2, 0) is 6.42 Å². The zero-order valence-corrected chi connectivity index (χ0v) is 12.5. The van der Waals surface area contributed by atoms with Gasteiger partial charge in [-0.15, -0.1) is 14.9 Å². The number of tetrazole rings is 1. The number of rotatable bonds is 2. The van der Waals surface area contributed by atoms with Crippen molar-refractivity contribution in [2.45, 2.75) is 13.3 Å². The number of carbonyl (C=O) groups is 1. The van der Waals surface area contributed by atoms with Gasteiger partial charge in [0.05, 0.1) is 5.52 Å². The van der Waals surface area contributed by atoms with Crippen molar-refractivity contribution in [2.75, 3.05) is 0 Å². The highest BCUT2D eigenvalue weighted by Gasteiger charge is 2.20. The van der Waals surface area contributed by atoms with E-state index in [1.807, 2.05) is 19.1 Å². The summed E-state index contributed by atoms with van der Waals surface area (Å²) in [6, 6.07) is 4.72. The first kappa shape index (κ1) is 14.0. The molecule has 4 rings (SSSR count). The van der Waals surface area contributed by atoms with Gasteiger partial charge < -0.3 is 10.7 Å². The van der Waals surface area contributed by atoms with Crippen LogP contribution in [0.1, 0.15) is 12.5 Å². The van der Waals surface area contributed by atoms with Crippen LogP contribution < -0.4 is 11.4 Å². The van der Waals surface area contributed by atoms with Crippen molar-refractivity contribution >= 4 is 22.6 Å². The third-order valence-electron chi connectivity index (χ3n) is 3.67. The Morgan fingerprint density at radius 2 is 2.21 bits per heavy atom. The van der Waals surface area contributed by atoms with Gasteiger partial charge in [-0.3, -0.25) is 0 Å². The average molecular weight is 325 g/mol. The summed E-state index contributed by atoms with van der Waals surface area (Å²) in [6.45, 7) is 2.00. The van der Waals surface area contributed by atoms with Crippen LogP contribution in [0.3, 0.4) is 0 Å². The smallest absolute Gasteiger partial charge is 0.348 e. The van der Waals surface area contributed by atoms with Crippen molar-refractivity contribution in [1.29, 1.82) is 0 Å². The van der Waals surface area contributed by atoms with Crippen molar-refractivity contribution in [1.82, 2.24) is 39.8 Å². The van der Waals surface area contributed by atoms with Gasteiger partial charge in [-0.2, -0.15) is 4.52 Å². The fourth-order valence-electron chi connectivity index (χ4n) is 2.62. The molecule has 3 N–H and O–H groups in total. The first-order valence-corrected chi connectivity index (χ1v) is 7.09. The van der Waals surface area contributed by atoms with Gasteiger partial charge >= 0.3 is 11.7 Å². The minimum Gasteiger partial charge on any atom is -0.350 e. The summed E-state index contributed by atoms with van der Waals surface area (Å²) in [5.74, 6) is -0.00423. The Morgan fingerprint density at radius 1 is 1.38 bits per heavy atom. The van der Waals surface area contributed by atoms with Crippen molar-refractivity contribution < 1.29 is 4.79 Å². The lowest BCUT2D eigenvalue weighted by atomic mass is 10.1. The summed E-state index contributed by atoms with van der Waals surface area (Å²) < 4.78 is 1.89. The van der Waals surface area contributed by atoms with Gasteiger partial charge in [-0.25, -0.2) is 14.6 Å². The molecule has 0 saturated carbocycles. The van der Waals surface area contributed by atoms with Crippen molar-refractivity contribution in [3.8, 4) is 11.6 Å². The number of H-pyrrole nitrogens is 1. The monoisotopic (exact) mass is 325 g/mol. The van der Waals surface area contributed by atoms with Crippen LogP contribution in [0.4, 0.5) is 4.79 Å². The standard InChI is InChI=1S/C13H11N9O2/c1-2-6-4-3-5-7-8(6)10-16-9(18-22(10)13(24)15-7)11-17-19-20-21(11)12(14)23/h3-5H,2H2,1H3,(H2,14,23)(H,15,24). The molecule has 11 nitrogen and oxygen atoms in total. The molecule has 0 aliphatic heterocycles. The Hall–Kier alpha value is -3.63. The molecule has 0 bridgehead atoms. The molecule has 0 aliphatic carbocycles. The second-order valence-electron chi connectivity index (χ2n) is 5.05. The number of aromatic nitrogens is 8. The molecule has 0 radical (unpaired) electrons. The fourth-order valence-corrected chi connectivity index (χ4v) is 2.62. The van der Waals surface area contributed by atoms with Crippen molar-refractivity contribution in [3.05, 3.63) is 34.2 Å². The number of aromatic amines is 1. The molecule has 3 aromatic heterocycles. The molecular formula is C13H11N9O2. The predicted molar refractivity (Wildman–Crippen MR) is 82.3 cm³/mol. The van der Waals surface area contributed by atoms with Crippen LogP contribution in [0, 0.1) is 0 Å². The van der Waals surface area contributed by atoms with E-state index in [1.165, 1.54) is 0 Å². The Bertz CT molecular complexity index is 1150. The quantitative estimate of drug-likeness (QED) is 0.481. The largest absolute Gasteiger partial charge is 0.350 e. The molecule has 3 heterocycles. The van der Waals surface area contributed by atoms with E-state index in [2.05, 4.69) is 30.6 Å². The van der Waals surface area contributed by atoms with Crippen LogP contribution in [0.5, 0.6) is 0 Å². The number of nitrogens with one attached hydrogen (secondary N) is 1. The van der Waals surface area contributed by atoms with Crippen molar-refractivity contribution in [3.63, 3.8) is 0 Å². The molecule has 0 aliphatic rings. The normalized spacial score (nSPS) is 11.4. The van der Waals surface area contributed by atoms with Gasteiger partial charge in [0.25, 0.3) is 0 Å². The Balaban J connectivity index is 2.10. The zero-order valence-electron chi connectivity index (χ0n) is 12.5. The lowest BCUT2D eigenvalue weighted by Gasteiger charge is -2.04. The number of aryl methyl sites for hydroxylation is 1. The van der Waals surface area contributed by atoms with Gasteiger partial charge in [0.2, 0.25) is 11.6 Å². The summed E-state index contributed by atoms with van der Waals surface area (Å²) >= 11 is 0. The highest BCUT2D eigenvalue weighted by Crippen LogP contribution is 2.22. The van der Waals surface area contributed by atoms with E-state index in [4.69, 9.17) is 5.73 Å². The molecule has 1 aromatic carbocycles. The maximum atomic E-state index is 12.2. The average Bonchev–Trinajstić information content (AvgIpc) is 3.21. The first-order valence-electron chi connectivity index (χ1n) is 7.09. The lowest BCUT2D eigenvalue weighted by Crippen LogP contribution is -2.22. The number of benzene rings is 1. The number of primary amides is 1. The van der Waals surface area contributed by atoms with E-state index in [9.17, 15) is 9.59 Å². The predicted octanol–water partition coefficient (Wildman–Crippen LogP) is -0.287. The number of hydrogen-bond donors (Lipinski definition) is 2. The second kappa shape index (κ2) is 4.94. The van der Waals surface area contributed by atoms with Crippen LogP contribution >= 0.6 is 0 Å². The summed E-state index contributed by atoms with van der Waals surface area (Å²) in [7, 11) is 0. The number of amides is 1. The molecule has 0 fully saturated rings. The second-order valence-corrected chi connectivity index (χ2v) is 5.05. The van der Waals surface area contributed by atoms with Crippen LogP contribution in [0.15, 0.2) is 23.0 Å². The highest BCUT2D eigenvalue weighted by atomic mass is 16.2.